The molecular formula is C10H9F4N3O. The molecule has 98 valence electrons. The van der Waals surface area contributed by atoms with E-state index in [2.05, 4.69) is 14.8 Å². The fraction of sp³-hybridized carbons (Fsp3) is 0.300. The van der Waals surface area contributed by atoms with Crippen LogP contribution in [0.25, 0.3) is 11.0 Å². The topological polar surface area (TPSA) is 49.9 Å². The molecule has 0 fully saturated rings. The molecule has 0 saturated heterocycles. The third-order valence-corrected chi connectivity index (χ3v) is 2.18. The van der Waals surface area contributed by atoms with E-state index in [0.717, 1.165) is 0 Å². The summed E-state index contributed by atoms with van der Waals surface area (Å²) in [7, 11) is 0. The zero-order valence-corrected chi connectivity index (χ0v) is 9.18. The molecule has 0 atom stereocenters. The van der Waals surface area contributed by atoms with E-state index in [9.17, 15) is 17.6 Å². The van der Waals surface area contributed by atoms with Crippen LogP contribution < -0.4 is 5.48 Å². The molecule has 18 heavy (non-hydrogen) atoms. The van der Waals surface area contributed by atoms with Gasteiger partial charge in [-0.25, -0.2) is 10.5 Å². The predicted molar refractivity (Wildman–Crippen MR) is 56.4 cm³/mol. The zero-order chi connectivity index (χ0) is 13.4. The van der Waals surface area contributed by atoms with Crippen LogP contribution in [0, 0.1) is 0 Å². The maximum Gasteiger partial charge on any atom is 0.439 e. The maximum absolute atomic E-state index is 12.8. The van der Waals surface area contributed by atoms with Gasteiger partial charge in [-0.1, -0.05) is 12.1 Å². The Morgan fingerprint density at radius 1 is 1.22 bits per heavy atom. The van der Waals surface area contributed by atoms with Gasteiger partial charge in [-0.3, -0.25) is 0 Å². The Bertz CT molecular complexity index is 516. The molecule has 1 aromatic heterocycles. The smallest absolute Gasteiger partial charge is 0.322 e. The summed E-state index contributed by atoms with van der Waals surface area (Å²) in [5, 5.41) is 0. The lowest BCUT2D eigenvalue weighted by molar-refractivity contribution is -0.331. The number of aromatic nitrogens is 2. The van der Waals surface area contributed by atoms with Crippen LogP contribution in [0.15, 0.2) is 24.3 Å². The Hall–Kier alpha value is -1.83. The quantitative estimate of drug-likeness (QED) is 0.658. The van der Waals surface area contributed by atoms with Crippen LogP contribution in [0.1, 0.15) is 6.92 Å². The van der Waals surface area contributed by atoms with Crippen LogP contribution >= 0.6 is 0 Å². The Morgan fingerprint density at radius 2 is 1.89 bits per heavy atom. The summed E-state index contributed by atoms with van der Waals surface area (Å²) < 4.78 is 50.5. The fourth-order valence-electron chi connectivity index (χ4n) is 1.20. The number of rotatable bonds is 4. The van der Waals surface area contributed by atoms with Crippen molar-refractivity contribution in [3.8, 4) is 0 Å². The summed E-state index contributed by atoms with van der Waals surface area (Å²) in [6, 6.07) is 6.69. The first kappa shape index (κ1) is 12.6. The van der Waals surface area contributed by atoms with Crippen LogP contribution in [-0.4, -0.2) is 22.0 Å². The molecule has 0 bridgehead atoms. The summed E-state index contributed by atoms with van der Waals surface area (Å²) >= 11 is 0. The van der Waals surface area contributed by atoms with Gasteiger partial charge in [0.05, 0.1) is 11.0 Å². The number of hydrogen-bond acceptors (Lipinski definition) is 3. The first-order valence-electron chi connectivity index (χ1n) is 4.94. The van der Waals surface area contributed by atoms with E-state index in [-0.39, 0.29) is 12.9 Å². The second-order valence-electron chi connectivity index (χ2n) is 3.71. The van der Waals surface area contributed by atoms with Gasteiger partial charge in [-0.15, -0.1) is 0 Å². The fourth-order valence-corrected chi connectivity index (χ4v) is 1.20. The van der Waals surface area contributed by atoms with Gasteiger partial charge in [-0.2, -0.15) is 22.4 Å². The molecule has 2 rings (SSSR count). The molecule has 0 amide bonds. The minimum atomic E-state index is -4.63. The SMILES string of the molecule is CC(F)(F)C(F)(F)ONc1nc2ccccc2[nH]1. The molecular weight excluding hydrogens is 254 g/mol. The molecule has 2 aromatic rings. The zero-order valence-electron chi connectivity index (χ0n) is 9.18. The van der Waals surface area contributed by atoms with Crippen molar-refractivity contribution in [1.29, 1.82) is 0 Å². The van der Waals surface area contributed by atoms with Crippen molar-refractivity contribution in [3.63, 3.8) is 0 Å². The number of imidazole rings is 1. The molecule has 0 spiro atoms. The highest BCUT2D eigenvalue weighted by Gasteiger charge is 2.55. The van der Waals surface area contributed by atoms with Crippen molar-refractivity contribution in [2.45, 2.75) is 19.0 Å². The summed E-state index contributed by atoms with van der Waals surface area (Å²) in [5.74, 6) is -4.48. The van der Waals surface area contributed by atoms with E-state index in [1.54, 1.807) is 29.7 Å². The molecule has 0 aliphatic carbocycles. The second kappa shape index (κ2) is 4.13. The summed E-state index contributed by atoms with van der Waals surface area (Å²) in [6.07, 6.45) is -4.63. The van der Waals surface area contributed by atoms with Crippen molar-refractivity contribution in [3.05, 3.63) is 24.3 Å². The summed E-state index contributed by atoms with van der Waals surface area (Å²) in [5.41, 5.74) is 2.74. The average molecular weight is 263 g/mol. The van der Waals surface area contributed by atoms with Gasteiger partial charge in [0.25, 0.3) is 0 Å². The monoisotopic (exact) mass is 263 g/mol. The number of alkyl halides is 4. The number of benzene rings is 1. The number of H-pyrrole nitrogens is 1. The van der Waals surface area contributed by atoms with E-state index in [1.807, 2.05) is 0 Å². The number of nitrogens with zero attached hydrogens (tertiary/aromatic N) is 1. The Balaban J connectivity index is 2.11. The maximum atomic E-state index is 12.8. The highest BCUT2D eigenvalue weighted by molar-refractivity contribution is 5.76. The third kappa shape index (κ3) is 2.37. The van der Waals surface area contributed by atoms with E-state index < -0.39 is 12.0 Å². The molecule has 0 aliphatic heterocycles. The minimum absolute atomic E-state index is 0.0628. The number of hydrogen-bond donors (Lipinski definition) is 2. The summed E-state index contributed by atoms with van der Waals surface area (Å²) in [4.78, 5) is 10.1. The van der Waals surface area contributed by atoms with E-state index >= 15 is 0 Å². The molecule has 1 aromatic carbocycles. The standard InChI is InChI=1S/C10H9F4N3O/c1-9(11,12)10(13,14)18-17-8-15-6-4-2-3-5-7(6)16-8/h2-5H,1H3,(H2,15,16,17). The lowest BCUT2D eigenvalue weighted by Crippen LogP contribution is -2.41. The van der Waals surface area contributed by atoms with E-state index in [4.69, 9.17) is 0 Å². The molecule has 4 nitrogen and oxygen atoms in total. The predicted octanol–water partition coefficient (Wildman–Crippen LogP) is 3.15. The van der Waals surface area contributed by atoms with Gasteiger partial charge in [-0.05, 0) is 12.1 Å². The minimum Gasteiger partial charge on any atom is -0.322 e. The Labute approximate surface area is 98.9 Å². The highest BCUT2D eigenvalue weighted by atomic mass is 19.3. The molecule has 0 unspecified atom stereocenters. The highest BCUT2D eigenvalue weighted by Crippen LogP contribution is 2.34. The number of halogens is 4. The first-order chi connectivity index (χ1) is 8.29. The van der Waals surface area contributed by atoms with E-state index in [1.165, 1.54) is 0 Å². The van der Waals surface area contributed by atoms with Crippen molar-refractivity contribution < 1.29 is 22.4 Å². The Morgan fingerprint density at radius 3 is 2.50 bits per heavy atom. The normalized spacial score (nSPS) is 12.9. The molecule has 0 aliphatic rings. The van der Waals surface area contributed by atoms with Crippen molar-refractivity contribution in [2.75, 3.05) is 5.48 Å². The van der Waals surface area contributed by atoms with E-state index in [0.29, 0.717) is 11.0 Å². The average Bonchev–Trinajstić information content (AvgIpc) is 2.67. The lowest BCUT2D eigenvalue weighted by atomic mass is 10.3. The van der Waals surface area contributed by atoms with Crippen LogP contribution in [0.5, 0.6) is 0 Å². The Kier molecular flexibility index (Phi) is 2.89. The lowest BCUT2D eigenvalue weighted by Gasteiger charge is -2.21. The van der Waals surface area contributed by atoms with Gasteiger partial charge in [0.1, 0.15) is 0 Å². The van der Waals surface area contributed by atoms with Gasteiger partial charge in [0, 0.05) is 6.92 Å². The van der Waals surface area contributed by atoms with Crippen LogP contribution in [0.3, 0.4) is 0 Å². The largest absolute Gasteiger partial charge is 0.439 e. The molecule has 2 N–H and O–H groups in total. The van der Waals surface area contributed by atoms with Crippen molar-refractivity contribution in [1.82, 2.24) is 9.97 Å². The van der Waals surface area contributed by atoms with Gasteiger partial charge in [0.15, 0.2) is 0 Å². The number of nitrogens with one attached hydrogen (secondary N) is 2. The first-order valence-corrected chi connectivity index (χ1v) is 4.94. The molecule has 0 radical (unpaired) electrons. The van der Waals surface area contributed by atoms with Gasteiger partial charge < -0.3 is 4.98 Å². The van der Waals surface area contributed by atoms with Crippen LogP contribution in [0.2, 0.25) is 0 Å². The molecule has 1 heterocycles. The number of aromatic amines is 1. The molecule has 8 heteroatoms. The van der Waals surface area contributed by atoms with Crippen LogP contribution in [0.4, 0.5) is 23.5 Å². The van der Waals surface area contributed by atoms with Gasteiger partial charge >= 0.3 is 12.0 Å². The summed E-state index contributed by atoms with van der Waals surface area (Å²) in [6.45, 7) is 0.0628. The van der Waals surface area contributed by atoms with Crippen molar-refractivity contribution in [2.24, 2.45) is 0 Å². The van der Waals surface area contributed by atoms with Crippen LogP contribution in [-0.2, 0) is 4.84 Å². The van der Waals surface area contributed by atoms with Crippen molar-refractivity contribution >= 4 is 17.0 Å². The van der Waals surface area contributed by atoms with Gasteiger partial charge in [0.2, 0.25) is 5.95 Å². The second-order valence-corrected chi connectivity index (χ2v) is 3.71. The molecule has 0 saturated carbocycles. The third-order valence-electron chi connectivity index (χ3n) is 2.18. The number of anilines is 1. The number of fused-ring (bicyclic) bond motifs is 1. The number of para-hydroxylation sites is 2.